The molecule has 0 fully saturated rings. The number of hydrogen-bond donors (Lipinski definition) is 2. The van der Waals surface area contributed by atoms with Crippen molar-refractivity contribution in [2.45, 2.75) is 5.28 Å². The van der Waals surface area contributed by atoms with Crippen LogP contribution in [0.25, 0.3) is 0 Å². The molecule has 2 atom stereocenters. The highest BCUT2D eigenvalue weighted by Gasteiger charge is 2.60. The van der Waals surface area contributed by atoms with Crippen molar-refractivity contribution in [2.24, 2.45) is 0 Å². The van der Waals surface area contributed by atoms with Gasteiger partial charge in [0.25, 0.3) is 5.91 Å². The van der Waals surface area contributed by atoms with Gasteiger partial charge < -0.3 is 19.7 Å². The molecule has 3 aromatic rings. The lowest BCUT2D eigenvalue weighted by atomic mass is 10.1. The van der Waals surface area contributed by atoms with Crippen LogP contribution in [0.15, 0.2) is 72.8 Å². The Morgan fingerprint density at radius 1 is 0.963 bits per heavy atom. The summed E-state index contributed by atoms with van der Waals surface area (Å²) >= 11 is 6.12. The summed E-state index contributed by atoms with van der Waals surface area (Å²) in [6.07, 6.45) is 0. The average Bonchev–Trinajstić information content (AvgIpc) is 2.96. The summed E-state index contributed by atoms with van der Waals surface area (Å²) < 4.78 is 12.4. The van der Waals surface area contributed by atoms with E-state index in [-0.39, 0.29) is 5.91 Å². The lowest BCUT2D eigenvalue weighted by Crippen LogP contribution is -2.44. The van der Waals surface area contributed by atoms with Crippen LogP contribution in [0.4, 0.5) is 11.4 Å². The second-order valence-corrected chi connectivity index (χ2v) is 8.21. The molecular formula is C20H14ClN2O3P. The van der Waals surface area contributed by atoms with E-state index in [2.05, 4.69) is 10.6 Å². The molecule has 5 rings (SSSR count). The van der Waals surface area contributed by atoms with Gasteiger partial charge in [0.05, 0.1) is 5.69 Å². The van der Waals surface area contributed by atoms with Gasteiger partial charge in [-0.3, -0.25) is 4.79 Å². The van der Waals surface area contributed by atoms with Crippen molar-refractivity contribution in [1.29, 1.82) is 0 Å². The normalized spacial score (nSPS) is 22.3. The maximum Gasteiger partial charge on any atom is 0.333 e. The molecule has 0 bridgehead atoms. The standard InChI is InChI=1S/C20H14ClN2O3P/c21-13-10-11-17-18(12-13)26-27(25-14-6-2-1-3-7-14)20(23-17)15-8-4-5-9-16(15)22-19(20)24/h1-12,23H,(H,22,24). The van der Waals surface area contributed by atoms with E-state index < -0.39 is 13.7 Å². The van der Waals surface area contributed by atoms with Gasteiger partial charge >= 0.3 is 8.38 Å². The minimum atomic E-state index is -1.74. The Labute approximate surface area is 162 Å². The first kappa shape index (κ1) is 16.4. The molecule has 27 heavy (non-hydrogen) atoms. The molecule has 0 aliphatic carbocycles. The first-order valence-electron chi connectivity index (χ1n) is 8.37. The van der Waals surface area contributed by atoms with Crippen molar-refractivity contribution in [3.8, 4) is 11.5 Å². The molecule has 1 spiro atoms. The smallest absolute Gasteiger partial charge is 0.333 e. The Morgan fingerprint density at radius 3 is 2.59 bits per heavy atom. The van der Waals surface area contributed by atoms with Crippen molar-refractivity contribution in [3.05, 3.63) is 83.4 Å². The van der Waals surface area contributed by atoms with E-state index in [0.717, 1.165) is 11.3 Å². The molecule has 0 radical (unpaired) electrons. The third kappa shape index (κ3) is 2.54. The predicted molar refractivity (Wildman–Crippen MR) is 106 cm³/mol. The number of anilines is 2. The van der Waals surface area contributed by atoms with Crippen LogP contribution in [0.3, 0.4) is 0 Å². The summed E-state index contributed by atoms with van der Waals surface area (Å²) in [5, 5.41) is 5.73. The molecule has 7 heteroatoms. The van der Waals surface area contributed by atoms with Crippen LogP contribution < -0.4 is 19.7 Å². The summed E-state index contributed by atoms with van der Waals surface area (Å²) in [5.41, 5.74) is 2.25. The van der Waals surface area contributed by atoms with E-state index in [4.69, 9.17) is 20.6 Å². The van der Waals surface area contributed by atoms with E-state index >= 15 is 0 Å². The molecule has 3 aromatic carbocycles. The molecule has 0 saturated heterocycles. The largest absolute Gasteiger partial charge is 0.436 e. The molecule has 1 amide bonds. The number of halogens is 1. The molecular weight excluding hydrogens is 383 g/mol. The highest BCUT2D eigenvalue weighted by molar-refractivity contribution is 7.51. The quantitative estimate of drug-likeness (QED) is 0.574. The summed E-state index contributed by atoms with van der Waals surface area (Å²) in [6, 6.07) is 22.2. The van der Waals surface area contributed by atoms with Gasteiger partial charge in [-0.1, -0.05) is 48.0 Å². The van der Waals surface area contributed by atoms with Gasteiger partial charge in [0, 0.05) is 22.3 Å². The molecule has 134 valence electrons. The van der Waals surface area contributed by atoms with Crippen LogP contribution in [-0.2, 0) is 10.1 Å². The Morgan fingerprint density at radius 2 is 1.74 bits per heavy atom. The number of para-hydroxylation sites is 2. The second-order valence-electron chi connectivity index (χ2n) is 6.23. The highest BCUT2D eigenvalue weighted by atomic mass is 35.5. The molecule has 2 heterocycles. The number of carbonyl (C=O) groups excluding carboxylic acids is 1. The van der Waals surface area contributed by atoms with Crippen molar-refractivity contribution >= 4 is 37.3 Å². The summed E-state index contributed by atoms with van der Waals surface area (Å²) in [4.78, 5) is 13.1. The molecule has 0 aromatic heterocycles. The van der Waals surface area contributed by atoms with Gasteiger partial charge in [-0.25, -0.2) is 0 Å². The number of amides is 1. The number of rotatable bonds is 2. The number of nitrogens with one attached hydrogen (secondary N) is 2. The van der Waals surface area contributed by atoms with Gasteiger partial charge in [-0.05, 0) is 30.3 Å². The third-order valence-electron chi connectivity index (χ3n) is 4.54. The second kappa shape index (κ2) is 6.15. The van der Waals surface area contributed by atoms with E-state index in [1.807, 2.05) is 60.7 Å². The van der Waals surface area contributed by atoms with Gasteiger partial charge in [0.2, 0.25) is 5.28 Å². The van der Waals surface area contributed by atoms with E-state index in [1.165, 1.54) is 0 Å². The molecule has 2 N–H and O–H groups in total. The van der Waals surface area contributed by atoms with Crippen molar-refractivity contribution in [3.63, 3.8) is 0 Å². The Kier molecular flexibility index (Phi) is 3.74. The van der Waals surface area contributed by atoms with Crippen LogP contribution in [0.2, 0.25) is 5.02 Å². The summed E-state index contributed by atoms with van der Waals surface area (Å²) in [6.45, 7) is 0. The molecule has 2 aliphatic heterocycles. The monoisotopic (exact) mass is 396 g/mol. The topological polar surface area (TPSA) is 59.6 Å². The minimum Gasteiger partial charge on any atom is -0.436 e. The first-order chi connectivity index (χ1) is 13.2. The lowest BCUT2D eigenvalue weighted by molar-refractivity contribution is -0.117. The zero-order valence-electron chi connectivity index (χ0n) is 14.0. The van der Waals surface area contributed by atoms with Crippen LogP contribution in [0, 0.1) is 0 Å². The maximum absolute atomic E-state index is 13.1. The molecule has 2 aliphatic rings. The first-order valence-corrected chi connectivity index (χ1v) is 9.92. The Hall–Kier alpha value is -2.75. The zero-order chi connectivity index (χ0) is 18.4. The summed E-state index contributed by atoms with van der Waals surface area (Å²) in [7, 11) is -1.74. The van der Waals surface area contributed by atoms with Crippen molar-refractivity contribution < 1.29 is 13.8 Å². The van der Waals surface area contributed by atoms with Crippen LogP contribution in [-0.4, -0.2) is 5.91 Å². The number of hydrogen-bond acceptors (Lipinski definition) is 4. The average molecular weight is 397 g/mol. The molecule has 5 nitrogen and oxygen atoms in total. The van der Waals surface area contributed by atoms with Crippen LogP contribution in [0.1, 0.15) is 5.56 Å². The number of benzene rings is 3. The van der Waals surface area contributed by atoms with Gasteiger partial charge in [-0.15, -0.1) is 0 Å². The fourth-order valence-electron chi connectivity index (χ4n) is 3.29. The zero-order valence-corrected chi connectivity index (χ0v) is 15.6. The predicted octanol–water partition coefficient (Wildman–Crippen LogP) is 5.34. The van der Waals surface area contributed by atoms with E-state index in [0.29, 0.717) is 22.2 Å². The minimum absolute atomic E-state index is 0.202. The highest BCUT2D eigenvalue weighted by Crippen LogP contribution is 2.64. The van der Waals surface area contributed by atoms with E-state index in [9.17, 15) is 4.79 Å². The Balaban J connectivity index is 1.67. The number of carbonyl (C=O) groups is 1. The van der Waals surface area contributed by atoms with Gasteiger partial charge in [-0.2, -0.15) is 0 Å². The molecule has 0 saturated carbocycles. The molecule has 2 unspecified atom stereocenters. The SMILES string of the molecule is O=C1Nc2ccccc2C12Nc1ccc(Cl)cc1OP2Oc1ccccc1. The van der Waals surface area contributed by atoms with E-state index in [1.54, 1.807) is 12.1 Å². The van der Waals surface area contributed by atoms with Crippen molar-refractivity contribution in [2.75, 3.05) is 10.6 Å². The maximum atomic E-state index is 13.1. The van der Waals surface area contributed by atoms with Crippen LogP contribution in [0.5, 0.6) is 11.5 Å². The van der Waals surface area contributed by atoms with Gasteiger partial charge in [0.1, 0.15) is 5.75 Å². The van der Waals surface area contributed by atoms with Crippen LogP contribution >= 0.6 is 20.0 Å². The Bertz CT molecular complexity index is 1050. The van der Waals surface area contributed by atoms with Crippen molar-refractivity contribution in [1.82, 2.24) is 0 Å². The van der Waals surface area contributed by atoms with Gasteiger partial charge in [0.15, 0.2) is 5.75 Å². The lowest BCUT2D eigenvalue weighted by Gasteiger charge is -2.39. The fourth-order valence-corrected chi connectivity index (χ4v) is 5.23. The fraction of sp³-hybridized carbons (Fsp3) is 0.0500. The third-order valence-corrected chi connectivity index (χ3v) is 6.62. The summed E-state index contributed by atoms with van der Waals surface area (Å²) in [5.74, 6) is 0.992. The number of fused-ring (bicyclic) bond motifs is 3.